The van der Waals surface area contributed by atoms with E-state index in [1.54, 1.807) is 0 Å². The lowest BCUT2D eigenvalue weighted by Gasteiger charge is -2.34. The predicted molar refractivity (Wildman–Crippen MR) is 84.3 cm³/mol. The number of anilines is 1. The van der Waals surface area contributed by atoms with Gasteiger partial charge in [0.15, 0.2) is 0 Å². The van der Waals surface area contributed by atoms with Crippen molar-refractivity contribution in [1.29, 1.82) is 0 Å². The lowest BCUT2D eigenvalue weighted by molar-refractivity contribution is 0.233. The fourth-order valence-corrected chi connectivity index (χ4v) is 3.04. The van der Waals surface area contributed by atoms with Gasteiger partial charge in [0, 0.05) is 64.6 Å². The summed E-state index contributed by atoms with van der Waals surface area (Å²) in [6.07, 6.45) is 0. The molecule has 2 heterocycles. The molecule has 0 radical (unpaired) electrons. The van der Waals surface area contributed by atoms with E-state index in [-0.39, 0.29) is 0 Å². The Morgan fingerprint density at radius 3 is 2.50 bits per heavy atom. The zero-order chi connectivity index (χ0) is 13.8. The van der Waals surface area contributed by atoms with Gasteiger partial charge in [0.1, 0.15) is 0 Å². The van der Waals surface area contributed by atoms with Crippen molar-refractivity contribution in [3.63, 3.8) is 0 Å². The van der Waals surface area contributed by atoms with Crippen molar-refractivity contribution in [1.82, 2.24) is 15.1 Å². The smallest absolute Gasteiger partial charge is 0.0370 e. The van der Waals surface area contributed by atoms with Gasteiger partial charge < -0.3 is 15.1 Å². The molecule has 0 bridgehead atoms. The average molecular weight is 274 g/mol. The molecule has 0 aromatic heterocycles. The topological polar surface area (TPSA) is 21.8 Å². The van der Waals surface area contributed by atoms with Crippen molar-refractivity contribution in [2.45, 2.75) is 6.54 Å². The first-order valence-corrected chi connectivity index (χ1v) is 7.77. The highest BCUT2D eigenvalue weighted by molar-refractivity contribution is 5.49. The van der Waals surface area contributed by atoms with Crippen LogP contribution in [0.25, 0.3) is 0 Å². The molecular weight excluding hydrogens is 248 g/mol. The van der Waals surface area contributed by atoms with Crippen LogP contribution >= 0.6 is 0 Å². The Balaban J connectivity index is 1.63. The highest BCUT2D eigenvalue weighted by Gasteiger charge is 2.15. The van der Waals surface area contributed by atoms with Crippen molar-refractivity contribution in [2.75, 3.05) is 64.3 Å². The Labute approximate surface area is 122 Å². The van der Waals surface area contributed by atoms with Gasteiger partial charge in [-0.1, -0.05) is 12.1 Å². The van der Waals surface area contributed by atoms with Gasteiger partial charge in [-0.3, -0.25) is 4.90 Å². The molecule has 20 heavy (non-hydrogen) atoms. The SMILES string of the molecule is CN1CCN(c2cccc(CN3CCNCC3)c2)CC1. The van der Waals surface area contributed by atoms with E-state index in [0.29, 0.717) is 0 Å². The number of likely N-dealkylation sites (N-methyl/N-ethyl adjacent to an activating group) is 1. The Morgan fingerprint density at radius 2 is 1.75 bits per heavy atom. The number of hydrogen-bond acceptors (Lipinski definition) is 4. The molecule has 0 atom stereocenters. The number of benzene rings is 1. The molecular formula is C16H26N4. The second-order valence-electron chi connectivity index (χ2n) is 5.99. The molecule has 2 aliphatic heterocycles. The molecule has 1 aromatic carbocycles. The van der Waals surface area contributed by atoms with Crippen LogP contribution in [0.1, 0.15) is 5.56 Å². The maximum absolute atomic E-state index is 3.41. The van der Waals surface area contributed by atoms with Gasteiger partial charge in [-0.15, -0.1) is 0 Å². The third-order valence-corrected chi connectivity index (χ3v) is 4.39. The summed E-state index contributed by atoms with van der Waals surface area (Å²) in [6, 6.07) is 9.12. The van der Waals surface area contributed by atoms with Crippen LogP contribution in [0.4, 0.5) is 5.69 Å². The van der Waals surface area contributed by atoms with Gasteiger partial charge in [0.05, 0.1) is 0 Å². The van der Waals surface area contributed by atoms with Crippen LogP contribution in [0.2, 0.25) is 0 Å². The number of hydrogen-bond donors (Lipinski definition) is 1. The van der Waals surface area contributed by atoms with E-state index in [0.717, 1.165) is 32.7 Å². The monoisotopic (exact) mass is 274 g/mol. The second kappa shape index (κ2) is 6.57. The van der Waals surface area contributed by atoms with Crippen molar-refractivity contribution < 1.29 is 0 Å². The molecule has 1 N–H and O–H groups in total. The first-order chi connectivity index (χ1) is 9.81. The summed E-state index contributed by atoms with van der Waals surface area (Å²) in [6.45, 7) is 10.3. The zero-order valence-corrected chi connectivity index (χ0v) is 12.5. The summed E-state index contributed by atoms with van der Waals surface area (Å²) < 4.78 is 0. The van der Waals surface area contributed by atoms with Gasteiger partial charge >= 0.3 is 0 Å². The summed E-state index contributed by atoms with van der Waals surface area (Å²) in [5, 5.41) is 3.41. The molecule has 110 valence electrons. The molecule has 2 saturated heterocycles. The van der Waals surface area contributed by atoms with Gasteiger partial charge in [0.2, 0.25) is 0 Å². The maximum Gasteiger partial charge on any atom is 0.0370 e. The number of rotatable bonds is 3. The van der Waals surface area contributed by atoms with Crippen molar-refractivity contribution in [3.8, 4) is 0 Å². The quantitative estimate of drug-likeness (QED) is 0.882. The minimum Gasteiger partial charge on any atom is -0.369 e. The van der Waals surface area contributed by atoms with E-state index >= 15 is 0 Å². The predicted octanol–water partition coefficient (Wildman–Crippen LogP) is 0.844. The van der Waals surface area contributed by atoms with Gasteiger partial charge in [-0.25, -0.2) is 0 Å². The van der Waals surface area contributed by atoms with Crippen molar-refractivity contribution in [3.05, 3.63) is 29.8 Å². The first-order valence-electron chi connectivity index (χ1n) is 7.77. The Hall–Kier alpha value is -1.10. The molecule has 4 heteroatoms. The Bertz CT molecular complexity index is 420. The lowest BCUT2D eigenvalue weighted by Crippen LogP contribution is -2.44. The van der Waals surface area contributed by atoms with Crippen molar-refractivity contribution >= 4 is 5.69 Å². The van der Waals surface area contributed by atoms with Crippen LogP contribution in [0, 0.1) is 0 Å². The first kappa shape index (κ1) is 13.9. The van der Waals surface area contributed by atoms with Crippen molar-refractivity contribution in [2.24, 2.45) is 0 Å². The van der Waals surface area contributed by atoms with Crippen LogP contribution in [0.15, 0.2) is 24.3 Å². The molecule has 2 aliphatic rings. The largest absolute Gasteiger partial charge is 0.369 e. The second-order valence-corrected chi connectivity index (χ2v) is 5.99. The van der Waals surface area contributed by atoms with Crippen LogP contribution in [0.5, 0.6) is 0 Å². The van der Waals surface area contributed by atoms with Crippen LogP contribution in [0.3, 0.4) is 0 Å². The summed E-state index contributed by atoms with van der Waals surface area (Å²) in [4.78, 5) is 7.46. The number of nitrogens with zero attached hydrogens (tertiary/aromatic N) is 3. The van der Waals surface area contributed by atoms with E-state index in [9.17, 15) is 0 Å². The molecule has 4 nitrogen and oxygen atoms in total. The van der Waals surface area contributed by atoms with Crippen LogP contribution < -0.4 is 10.2 Å². The van der Waals surface area contributed by atoms with Crippen LogP contribution in [-0.2, 0) is 6.54 Å². The third-order valence-electron chi connectivity index (χ3n) is 4.39. The Morgan fingerprint density at radius 1 is 1.00 bits per heavy atom. The van der Waals surface area contributed by atoms with E-state index in [1.807, 2.05) is 0 Å². The van der Waals surface area contributed by atoms with Gasteiger partial charge in [0.25, 0.3) is 0 Å². The van der Waals surface area contributed by atoms with E-state index in [1.165, 1.54) is 37.4 Å². The number of piperazine rings is 2. The summed E-state index contributed by atoms with van der Waals surface area (Å²) in [7, 11) is 2.21. The Kier molecular flexibility index (Phi) is 4.55. The minimum absolute atomic E-state index is 1.09. The van der Waals surface area contributed by atoms with E-state index in [4.69, 9.17) is 0 Å². The van der Waals surface area contributed by atoms with Gasteiger partial charge in [-0.2, -0.15) is 0 Å². The normalized spacial score (nSPS) is 22.1. The minimum atomic E-state index is 1.09. The number of nitrogens with one attached hydrogen (secondary N) is 1. The maximum atomic E-state index is 3.41. The highest BCUT2D eigenvalue weighted by Crippen LogP contribution is 2.19. The zero-order valence-electron chi connectivity index (χ0n) is 12.5. The highest BCUT2D eigenvalue weighted by atomic mass is 15.2. The van der Waals surface area contributed by atoms with Gasteiger partial charge in [-0.05, 0) is 24.7 Å². The van der Waals surface area contributed by atoms with E-state index < -0.39 is 0 Å². The third kappa shape index (κ3) is 3.51. The molecule has 0 saturated carbocycles. The molecule has 1 aromatic rings. The molecule has 0 spiro atoms. The lowest BCUT2D eigenvalue weighted by atomic mass is 10.1. The summed E-state index contributed by atoms with van der Waals surface area (Å²) >= 11 is 0. The molecule has 3 rings (SSSR count). The summed E-state index contributed by atoms with van der Waals surface area (Å²) in [5.74, 6) is 0. The fraction of sp³-hybridized carbons (Fsp3) is 0.625. The molecule has 0 aliphatic carbocycles. The average Bonchev–Trinajstić information content (AvgIpc) is 2.49. The molecule has 2 fully saturated rings. The summed E-state index contributed by atoms with van der Waals surface area (Å²) in [5.41, 5.74) is 2.84. The molecule has 0 amide bonds. The molecule has 0 unspecified atom stereocenters. The van der Waals surface area contributed by atoms with E-state index in [2.05, 4.69) is 51.3 Å². The van der Waals surface area contributed by atoms with Crippen LogP contribution in [-0.4, -0.2) is 69.2 Å². The fourth-order valence-electron chi connectivity index (χ4n) is 3.04. The standard InChI is InChI=1S/C16H26N4/c1-18-9-11-20(12-10-18)16-4-2-3-15(13-16)14-19-7-5-17-6-8-19/h2-4,13,17H,5-12,14H2,1H3.